The van der Waals surface area contributed by atoms with Crippen molar-refractivity contribution < 1.29 is 14.2 Å². The molecular weight excluding hydrogens is 206 g/mol. The van der Waals surface area contributed by atoms with Crippen LogP contribution in [-0.4, -0.2) is 51.7 Å². The average Bonchev–Trinajstić information content (AvgIpc) is 2.78. The molecule has 94 valence electrons. The maximum atomic E-state index is 5.91. The molecule has 16 heavy (non-hydrogen) atoms. The van der Waals surface area contributed by atoms with Crippen molar-refractivity contribution in [3.8, 4) is 0 Å². The van der Waals surface area contributed by atoms with Crippen molar-refractivity contribution in [2.45, 2.75) is 38.0 Å². The van der Waals surface area contributed by atoms with E-state index in [2.05, 4.69) is 5.32 Å². The first-order valence-corrected chi connectivity index (χ1v) is 6.33. The van der Waals surface area contributed by atoms with E-state index >= 15 is 0 Å². The van der Waals surface area contributed by atoms with Gasteiger partial charge in [0.15, 0.2) is 0 Å². The van der Waals surface area contributed by atoms with E-state index in [1.807, 2.05) is 14.0 Å². The molecule has 2 aliphatic rings. The third kappa shape index (κ3) is 2.74. The molecule has 1 aliphatic carbocycles. The lowest BCUT2D eigenvalue weighted by Crippen LogP contribution is -2.59. The molecule has 0 aromatic carbocycles. The van der Waals surface area contributed by atoms with E-state index in [0.29, 0.717) is 12.0 Å². The summed E-state index contributed by atoms with van der Waals surface area (Å²) in [6.45, 7) is 5.38. The Hall–Kier alpha value is -0.160. The summed E-state index contributed by atoms with van der Waals surface area (Å²) in [5.74, 6) is 0.593. The minimum absolute atomic E-state index is 0.234. The van der Waals surface area contributed by atoms with Gasteiger partial charge in [0.2, 0.25) is 0 Å². The van der Waals surface area contributed by atoms with Crippen LogP contribution < -0.4 is 5.32 Å². The number of nitrogens with one attached hydrogen (secondary N) is 1. The molecule has 0 bridgehead atoms. The van der Waals surface area contributed by atoms with E-state index in [4.69, 9.17) is 14.2 Å². The Morgan fingerprint density at radius 2 is 2.25 bits per heavy atom. The van der Waals surface area contributed by atoms with Gasteiger partial charge in [-0.15, -0.1) is 0 Å². The van der Waals surface area contributed by atoms with Crippen LogP contribution >= 0.6 is 0 Å². The summed E-state index contributed by atoms with van der Waals surface area (Å²) in [7, 11) is 1.98. The van der Waals surface area contributed by atoms with Gasteiger partial charge < -0.3 is 19.5 Å². The van der Waals surface area contributed by atoms with Crippen LogP contribution in [0.4, 0.5) is 0 Å². The number of ether oxygens (including phenoxy) is 3. The fraction of sp³-hybridized carbons (Fsp3) is 1.00. The maximum absolute atomic E-state index is 5.91. The molecule has 1 saturated carbocycles. The van der Waals surface area contributed by atoms with Gasteiger partial charge in [-0.3, -0.25) is 0 Å². The standard InChI is InChI=1S/C12H23NO3/c1-3-15-12-10(13-2)6-11(12)16-8-9-4-5-14-7-9/h9-13H,3-8H2,1-2H3. The van der Waals surface area contributed by atoms with Gasteiger partial charge in [-0.25, -0.2) is 0 Å². The molecule has 4 nitrogen and oxygen atoms in total. The molecule has 2 fully saturated rings. The van der Waals surface area contributed by atoms with Crippen molar-refractivity contribution in [1.82, 2.24) is 5.32 Å². The highest BCUT2D eigenvalue weighted by molar-refractivity contribution is 4.96. The second kappa shape index (κ2) is 5.96. The molecule has 1 saturated heterocycles. The smallest absolute Gasteiger partial charge is 0.0990 e. The average molecular weight is 229 g/mol. The zero-order valence-electron chi connectivity index (χ0n) is 10.3. The van der Waals surface area contributed by atoms with Crippen LogP contribution in [0.25, 0.3) is 0 Å². The molecule has 1 N–H and O–H groups in total. The van der Waals surface area contributed by atoms with E-state index in [9.17, 15) is 0 Å². The Bertz CT molecular complexity index is 206. The predicted molar refractivity (Wildman–Crippen MR) is 61.5 cm³/mol. The lowest BCUT2D eigenvalue weighted by atomic mass is 9.85. The molecule has 0 radical (unpaired) electrons. The molecule has 0 spiro atoms. The fourth-order valence-electron chi connectivity index (χ4n) is 2.42. The van der Waals surface area contributed by atoms with E-state index < -0.39 is 0 Å². The number of rotatable bonds is 6. The molecule has 4 heteroatoms. The van der Waals surface area contributed by atoms with E-state index in [1.54, 1.807) is 0 Å². The SMILES string of the molecule is CCOC1C(NC)CC1OCC1CCOC1. The van der Waals surface area contributed by atoms with Crippen LogP contribution in [0.1, 0.15) is 19.8 Å². The molecule has 1 heterocycles. The van der Waals surface area contributed by atoms with Gasteiger partial charge in [0.25, 0.3) is 0 Å². The van der Waals surface area contributed by atoms with Crippen molar-refractivity contribution in [3.63, 3.8) is 0 Å². The fourth-order valence-corrected chi connectivity index (χ4v) is 2.42. The zero-order valence-corrected chi connectivity index (χ0v) is 10.3. The van der Waals surface area contributed by atoms with Crippen LogP contribution in [0.3, 0.4) is 0 Å². The van der Waals surface area contributed by atoms with E-state index in [-0.39, 0.29) is 12.2 Å². The van der Waals surface area contributed by atoms with Crippen LogP contribution in [0.2, 0.25) is 0 Å². The summed E-state index contributed by atoms with van der Waals surface area (Å²) in [5, 5.41) is 3.26. The Morgan fingerprint density at radius 3 is 2.88 bits per heavy atom. The van der Waals surface area contributed by atoms with Crippen molar-refractivity contribution in [3.05, 3.63) is 0 Å². The lowest BCUT2D eigenvalue weighted by molar-refractivity contribution is -0.149. The Balaban J connectivity index is 1.68. The van der Waals surface area contributed by atoms with E-state index in [1.165, 1.54) is 0 Å². The van der Waals surface area contributed by atoms with Crippen LogP contribution in [0.5, 0.6) is 0 Å². The van der Waals surface area contributed by atoms with Crippen LogP contribution in [0, 0.1) is 5.92 Å². The molecule has 1 aliphatic heterocycles. The van der Waals surface area contributed by atoms with Crippen LogP contribution in [-0.2, 0) is 14.2 Å². The molecule has 4 unspecified atom stereocenters. The van der Waals surface area contributed by atoms with Crippen molar-refractivity contribution in [2.75, 3.05) is 33.5 Å². The quantitative estimate of drug-likeness (QED) is 0.731. The summed E-state index contributed by atoms with van der Waals surface area (Å²) < 4.78 is 16.9. The highest BCUT2D eigenvalue weighted by atomic mass is 16.5. The molecule has 2 rings (SSSR count). The Kier molecular flexibility index (Phi) is 4.58. The predicted octanol–water partition coefficient (Wildman–Crippen LogP) is 0.805. The third-order valence-electron chi connectivity index (χ3n) is 3.55. The number of hydrogen-bond acceptors (Lipinski definition) is 4. The summed E-state index contributed by atoms with van der Waals surface area (Å²) in [5.41, 5.74) is 0. The van der Waals surface area contributed by atoms with Crippen molar-refractivity contribution >= 4 is 0 Å². The monoisotopic (exact) mass is 229 g/mol. The summed E-state index contributed by atoms with van der Waals surface area (Å²) in [6, 6.07) is 0.463. The molecular formula is C12H23NO3. The molecule has 0 amide bonds. The van der Waals surface area contributed by atoms with Gasteiger partial charge in [0, 0.05) is 25.2 Å². The van der Waals surface area contributed by atoms with Gasteiger partial charge in [-0.1, -0.05) is 0 Å². The zero-order chi connectivity index (χ0) is 11.4. The third-order valence-corrected chi connectivity index (χ3v) is 3.55. The van der Waals surface area contributed by atoms with Gasteiger partial charge >= 0.3 is 0 Å². The molecule has 4 atom stereocenters. The Morgan fingerprint density at radius 1 is 1.38 bits per heavy atom. The maximum Gasteiger partial charge on any atom is 0.0990 e. The molecule has 0 aromatic heterocycles. The van der Waals surface area contributed by atoms with Gasteiger partial charge in [0.1, 0.15) is 0 Å². The van der Waals surface area contributed by atoms with E-state index in [0.717, 1.165) is 39.3 Å². The number of hydrogen-bond donors (Lipinski definition) is 1. The van der Waals surface area contributed by atoms with Crippen LogP contribution in [0.15, 0.2) is 0 Å². The summed E-state index contributed by atoms with van der Waals surface area (Å²) in [6.07, 6.45) is 2.71. The highest BCUT2D eigenvalue weighted by Gasteiger charge is 2.42. The number of likely N-dealkylation sites (N-methyl/N-ethyl adjacent to an activating group) is 1. The highest BCUT2D eigenvalue weighted by Crippen LogP contribution is 2.28. The first-order chi connectivity index (χ1) is 7.85. The van der Waals surface area contributed by atoms with Gasteiger partial charge in [-0.2, -0.15) is 0 Å². The first-order valence-electron chi connectivity index (χ1n) is 6.33. The van der Waals surface area contributed by atoms with Gasteiger partial charge in [0.05, 0.1) is 25.4 Å². The second-order valence-electron chi connectivity index (χ2n) is 4.65. The van der Waals surface area contributed by atoms with Gasteiger partial charge in [-0.05, 0) is 26.8 Å². The Labute approximate surface area is 97.6 Å². The normalized spacial score (nSPS) is 38.6. The van der Waals surface area contributed by atoms with Crippen molar-refractivity contribution in [2.24, 2.45) is 5.92 Å². The lowest BCUT2D eigenvalue weighted by Gasteiger charge is -2.43. The second-order valence-corrected chi connectivity index (χ2v) is 4.65. The first kappa shape index (κ1) is 12.3. The topological polar surface area (TPSA) is 39.7 Å². The minimum atomic E-state index is 0.234. The summed E-state index contributed by atoms with van der Waals surface area (Å²) >= 11 is 0. The largest absolute Gasteiger partial charge is 0.381 e. The minimum Gasteiger partial charge on any atom is -0.381 e. The molecule has 0 aromatic rings. The summed E-state index contributed by atoms with van der Waals surface area (Å²) in [4.78, 5) is 0. The van der Waals surface area contributed by atoms with Crippen molar-refractivity contribution in [1.29, 1.82) is 0 Å².